The smallest absolute Gasteiger partial charge is 0.338 e. The molecule has 0 fully saturated rings. The lowest BCUT2D eigenvalue weighted by Crippen LogP contribution is -2.35. The molecule has 0 unspecified atom stereocenters. The summed E-state index contributed by atoms with van der Waals surface area (Å²) in [5, 5.41) is 2.71. The standard InChI is InChI=1S/C19H19NO5/c1-13(25-19(23)16-7-3-15(12-21)4-8-16)18(22)20-11-14-5-9-17(24-2)10-6-14/h3-10,12-13H,11H2,1-2H3,(H,20,22)/t13-/m0/s1. The number of nitrogens with one attached hydrogen (secondary N) is 1. The zero-order valence-electron chi connectivity index (χ0n) is 14.0. The van der Waals surface area contributed by atoms with Crippen LogP contribution in [0.1, 0.15) is 33.2 Å². The predicted octanol–water partition coefficient (Wildman–Crippen LogP) is 2.37. The van der Waals surface area contributed by atoms with Gasteiger partial charge in [-0.15, -0.1) is 0 Å². The van der Waals surface area contributed by atoms with Crippen LogP contribution in [0.15, 0.2) is 48.5 Å². The van der Waals surface area contributed by atoms with Crippen LogP contribution in [-0.4, -0.2) is 31.4 Å². The van der Waals surface area contributed by atoms with Crippen molar-refractivity contribution in [3.63, 3.8) is 0 Å². The number of carbonyl (C=O) groups excluding carboxylic acids is 3. The zero-order valence-corrected chi connectivity index (χ0v) is 14.0. The number of amides is 1. The predicted molar refractivity (Wildman–Crippen MR) is 91.5 cm³/mol. The van der Waals surface area contributed by atoms with Crippen molar-refractivity contribution in [2.45, 2.75) is 19.6 Å². The second kappa shape index (κ2) is 8.63. The quantitative estimate of drug-likeness (QED) is 0.618. The first kappa shape index (κ1) is 18.2. The van der Waals surface area contributed by atoms with E-state index >= 15 is 0 Å². The highest BCUT2D eigenvalue weighted by Gasteiger charge is 2.18. The Hall–Kier alpha value is -3.15. The molecule has 0 heterocycles. The lowest BCUT2D eigenvalue weighted by atomic mass is 10.1. The molecule has 25 heavy (non-hydrogen) atoms. The summed E-state index contributed by atoms with van der Waals surface area (Å²) < 4.78 is 10.2. The Morgan fingerprint density at radius 1 is 1.08 bits per heavy atom. The Bertz CT molecular complexity index is 737. The Labute approximate surface area is 145 Å². The van der Waals surface area contributed by atoms with E-state index in [1.807, 2.05) is 12.1 Å². The monoisotopic (exact) mass is 341 g/mol. The minimum absolute atomic E-state index is 0.278. The van der Waals surface area contributed by atoms with Crippen LogP contribution in [0.4, 0.5) is 0 Å². The van der Waals surface area contributed by atoms with Gasteiger partial charge in [-0.25, -0.2) is 4.79 Å². The second-order valence-corrected chi connectivity index (χ2v) is 5.35. The molecule has 1 amide bonds. The molecule has 0 spiro atoms. The van der Waals surface area contributed by atoms with Crippen molar-refractivity contribution in [3.05, 3.63) is 65.2 Å². The van der Waals surface area contributed by atoms with Gasteiger partial charge in [0.15, 0.2) is 6.10 Å². The number of aldehydes is 1. The third-order valence-electron chi connectivity index (χ3n) is 3.56. The van der Waals surface area contributed by atoms with Crippen molar-refractivity contribution in [3.8, 4) is 5.75 Å². The van der Waals surface area contributed by atoms with Gasteiger partial charge in [-0.1, -0.05) is 24.3 Å². The van der Waals surface area contributed by atoms with Crippen molar-refractivity contribution in [2.75, 3.05) is 7.11 Å². The normalized spacial score (nSPS) is 11.3. The molecule has 1 atom stereocenters. The zero-order chi connectivity index (χ0) is 18.2. The van der Waals surface area contributed by atoms with E-state index in [0.29, 0.717) is 18.4 Å². The molecule has 2 rings (SSSR count). The molecular weight excluding hydrogens is 322 g/mol. The Kier molecular flexibility index (Phi) is 6.28. The number of hydrogen-bond donors (Lipinski definition) is 1. The largest absolute Gasteiger partial charge is 0.497 e. The van der Waals surface area contributed by atoms with Gasteiger partial charge >= 0.3 is 5.97 Å². The number of methoxy groups -OCH3 is 1. The number of hydrogen-bond acceptors (Lipinski definition) is 5. The molecule has 0 aliphatic heterocycles. The average Bonchev–Trinajstić information content (AvgIpc) is 2.66. The summed E-state index contributed by atoms with van der Waals surface area (Å²) in [5.41, 5.74) is 1.64. The van der Waals surface area contributed by atoms with Crippen LogP contribution in [0.5, 0.6) is 5.75 Å². The van der Waals surface area contributed by atoms with E-state index in [-0.39, 0.29) is 5.56 Å². The number of benzene rings is 2. The molecule has 130 valence electrons. The first-order valence-electron chi connectivity index (χ1n) is 7.70. The first-order valence-corrected chi connectivity index (χ1v) is 7.70. The Morgan fingerprint density at radius 3 is 2.28 bits per heavy atom. The molecule has 0 saturated carbocycles. The number of esters is 1. The highest BCUT2D eigenvalue weighted by molar-refractivity contribution is 5.92. The van der Waals surface area contributed by atoms with Crippen LogP contribution >= 0.6 is 0 Å². The summed E-state index contributed by atoms with van der Waals surface area (Å²) in [6, 6.07) is 13.3. The molecule has 2 aromatic rings. The average molecular weight is 341 g/mol. The number of rotatable bonds is 7. The summed E-state index contributed by atoms with van der Waals surface area (Å²) in [7, 11) is 1.58. The van der Waals surface area contributed by atoms with Crippen LogP contribution < -0.4 is 10.1 Å². The number of carbonyl (C=O) groups is 3. The molecule has 0 aliphatic carbocycles. The van der Waals surface area contributed by atoms with Crippen molar-refractivity contribution in [1.29, 1.82) is 0 Å². The van der Waals surface area contributed by atoms with E-state index in [1.54, 1.807) is 19.2 Å². The van der Waals surface area contributed by atoms with Crippen molar-refractivity contribution < 1.29 is 23.9 Å². The third kappa shape index (κ3) is 5.17. The van der Waals surface area contributed by atoms with Crippen molar-refractivity contribution in [1.82, 2.24) is 5.32 Å². The molecule has 1 N–H and O–H groups in total. The fraction of sp³-hybridized carbons (Fsp3) is 0.211. The van der Waals surface area contributed by atoms with Crippen LogP contribution in [0.2, 0.25) is 0 Å². The molecule has 2 aromatic carbocycles. The van der Waals surface area contributed by atoms with Gasteiger partial charge in [0.2, 0.25) is 0 Å². The first-order chi connectivity index (χ1) is 12.0. The third-order valence-corrected chi connectivity index (χ3v) is 3.56. The maximum absolute atomic E-state index is 12.0. The molecule has 0 aromatic heterocycles. The minimum atomic E-state index is -0.934. The van der Waals surface area contributed by atoms with Crippen molar-refractivity contribution in [2.24, 2.45) is 0 Å². The van der Waals surface area contributed by atoms with Gasteiger partial charge in [0.25, 0.3) is 5.91 Å². The van der Waals surface area contributed by atoms with Crippen LogP contribution in [0, 0.1) is 0 Å². The van der Waals surface area contributed by atoms with E-state index in [4.69, 9.17) is 9.47 Å². The van der Waals surface area contributed by atoms with E-state index in [1.165, 1.54) is 31.2 Å². The second-order valence-electron chi connectivity index (χ2n) is 5.35. The summed E-state index contributed by atoms with van der Waals surface area (Å²) >= 11 is 0. The summed E-state index contributed by atoms with van der Waals surface area (Å²) in [4.78, 5) is 34.7. The van der Waals surface area contributed by atoms with Gasteiger partial charge < -0.3 is 14.8 Å². The highest BCUT2D eigenvalue weighted by atomic mass is 16.5. The van der Waals surface area contributed by atoms with Gasteiger partial charge in [-0.05, 0) is 36.8 Å². The molecular formula is C19H19NO5. The summed E-state index contributed by atoms with van der Waals surface area (Å²) in [5.74, 6) is -0.281. The van der Waals surface area contributed by atoms with Gasteiger partial charge in [0, 0.05) is 12.1 Å². The highest BCUT2D eigenvalue weighted by Crippen LogP contribution is 2.11. The molecule has 0 bridgehead atoms. The van der Waals surface area contributed by atoms with E-state index in [0.717, 1.165) is 11.3 Å². The topological polar surface area (TPSA) is 81.7 Å². The molecule has 0 aliphatic rings. The fourth-order valence-corrected chi connectivity index (χ4v) is 2.06. The van der Waals surface area contributed by atoms with Crippen LogP contribution in [-0.2, 0) is 16.1 Å². The molecule has 0 radical (unpaired) electrons. The van der Waals surface area contributed by atoms with Gasteiger partial charge in [0.05, 0.1) is 12.7 Å². The van der Waals surface area contributed by atoms with E-state index in [9.17, 15) is 14.4 Å². The lowest BCUT2D eigenvalue weighted by molar-refractivity contribution is -0.129. The minimum Gasteiger partial charge on any atom is -0.497 e. The van der Waals surface area contributed by atoms with Crippen molar-refractivity contribution >= 4 is 18.2 Å². The fourth-order valence-electron chi connectivity index (χ4n) is 2.06. The number of ether oxygens (including phenoxy) is 2. The maximum atomic E-state index is 12.0. The molecule has 6 nitrogen and oxygen atoms in total. The molecule has 6 heteroatoms. The van der Waals surface area contributed by atoms with Crippen LogP contribution in [0.25, 0.3) is 0 Å². The van der Waals surface area contributed by atoms with E-state index in [2.05, 4.69) is 5.32 Å². The molecule has 0 saturated heterocycles. The van der Waals surface area contributed by atoms with E-state index < -0.39 is 18.0 Å². The van der Waals surface area contributed by atoms with Gasteiger partial charge in [-0.3, -0.25) is 9.59 Å². The van der Waals surface area contributed by atoms with Crippen LogP contribution in [0.3, 0.4) is 0 Å². The Morgan fingerprint density at radius 2 is 1.72 bits per heavy atom. The maximum Gasteiger partial charge on any atom is 0.338 e. The summed E-state index contributed by atoms with van der Waals surface area (Å²) in [6.45, 7) is 1.82. The lowest BCUT2D eigenvalue weighted by Gasteiger charge is -2.14. The van der Waals surface area contributed by atoms with Gasteiger partial charge in [-0.2, -0.15) is 0 Å². The van der Waals surface area contributed by atoms with Gasteiger partial charge in [0.1, 0.15) is 12.0 Å². The SMILES string of the molecule is COc1ccc(CNC(=O)[C@H](C)OC(=O)c2ccc(C=O)cc2)cc1. The summed E-state index contributed by atoms with van der Waals surface area (Å²) in [6.07, 6.45) is -0.249. The Balaban J connectivity index is 1.85.